The molecule has 2 N–H and O–H groups in total. The molecular weight excluding hydrogens is 414 g/mol. The third-order valence-electron chi connectivity index (χ3n) is 5.11. The Balaban J connectivity index is 1.47. The molecule has 1 saturated heterocycles. The van der Waals surface area contributed by atoms with Crippen LogP contribution >= 0.6 is 11.3 Å². The van der Waals surface area contributed by atoms with E-state index < -0.39 is 0 Å². The Morgan fingerprint density at radius 3 is 2.94 bits per heavy atom. The molecule has 1 aromatic carbocycles. The smallest absolute Gasteiger partial charge is 0.229 e. The molecule has 0 saturated carbocycles. The first-order valence-electron chi connectivity index (χ1n) is 10.1. The zero-order chi connectivity index (χ0) is 21.8. The Morgan fingerprint density at radius 1 is 1.29 bits per heavy atom. The first-order valence-corrected chi connectivity index (χ1v) is 10.9. The van der Waals surface area contributed by atoms with Crippen molar-refractivity contribution in [1.29, 1.82) is 0 Å². The number of rotatable bonds is 6. The van der Waals surface area contributed by atoms with E-state index in [-0.39, 0.29) is 18.4 Å². The van der Waals surface area contributed by atoms with Crippen LogP contribution in [0.5, 0.6) is 5.75 Å². The number of aromatic nitrogens is 3. The summed E-state index contributed by atoms with van der Waals surface area (Å²) in [6, 6.07) is 12.2. The number of hydrogen-bond donors (Lipinski definition) is 1. The number of anilines is 1. The van der Waals surface area contributed by atoms with Crippen molar-refractivity contribution in [3.63, 3.8) is 0 Å². The number of benzene rings is 1. The molecule has 0 bridgehead atoms. The second kappa shape index (κ2) is 9.40. The van der Waals surface area contributed by atoms with Gasteiger partial charge >= 0.3 is 0 Å². The number of nitrogens with two attached hydrogens (primary N) is 1. The number of nitrogens with zero attached hydrogens (tertiary/aromatic N) is 4. The van der Waals surface area contributed by atoms with Gasteiger partial charge in [0.2, 0.25) is 11.0 Å². The lowest BCUT2D eigenvalue weighted by Crippen LogP contribution is -2.43. The van der Waals surface area contributed by atoms with Crippen molar-refractivity contribution in [2.45, 2.75) is 25.9 Å². The molecule has 9 heteroatoms. The van der Waals surface area contributed by atoms with Gasteiger partial charge < -0.3 is 20.1 Å². The zero-order valence-corrected chi connectivity index (χ0v) is 18.4. The minimum atomic E-state index is -0.263. The fraction of sp³-hybridized carbons (Fsp3) is 0.364. The standard InChI is InChI=1S/C22H25N5O3S/c1-14-8-16(9-15-4-3-5-17(10-15)29-2)11-18(24-14)19-13-27(6-7-30-19)21(28)12-20-25-26-22(23)31-20/h3-5,8,10-11,19H,6-7,9,12-13H2,1-2H3,(H2,23,26)/t19-/m1/s1. The molecule has 3 aromatic rings. The van der Waals surface area contributed by atoms with E-state index in [9.17, 15) is 4.79 Å². The van der Waals surface area contributed by atoms with Crippen molar-refractivity contribution in [1.82, 2.24) is 20.1 Å². The van der Waals surface area contributed by atoms with Gasteiger partial charge in [-0.25, -0.2) is 0 Å². The molecule has 0 unspecified atom stereocenters. The monoisotopic (exact) mass is 439 g/mol. The van der Waals surface area contributed by atoms with Crippen molar-refractivity contribution >= 4 is 22.4 Å². The maximum Gasteiger partial charge on any atom is 0.229 e. The fourth-order valence-electron chi connectivity index (χ4n) is 3.69. The van der Waals surface area contributed by atoms with Gasteiger partial charge in [0.15, 0.2) is 0 Å². The van der Waals surface area contributed by atoms with Crippen LogP contribution in [0.2, 0.25) is 0 Å². The van der Waals surface area contributed by atoms with Crippen LogP contribution in [0.4, 0.5) is 5.13 Å². The number of nitrogen functional groups attached to an aromatic ring is 1. The van der Waals surface area contributed by atoms with Gasteiger partial charge in [-0.05, 0) is 48.7 Å². The molecule has 0 spiro atoms. The van der Waals surface area contributed by atoms with E-state index in [0.29, 0.717) is 29.8 Å². The van der Waals surface area contributed by atoms with E-state index in [1.54, 1.807) is 12.0 Å². The van der Waals surface area contributed by atoms with Crippen molar-refractivity contribution in [2.24, 2.45) is 0 Å². The number of carbonyl (C=O) groups is 1. The Kier molecular flexibility index (Phi) is 6.43. The summed E-state index contributed by atoms with van der Waals surface area (Å²) in [6.45, 7) is 3.45. The molecule has 31 heavy (non-hydrogen) atoms. The number of hydrogen-bond acceptors (Lipinski definition) is 8. The Morgan fingerprint density at radius 2 is 2.16 bits per heavy atom. The van der Waals surface area contributed by atoms with Crippen LogP contribution in [-0.4, -0.2) is 52.8 Å². The Labute approximate surface area is 185 Å². The maximum absolute atomic E-state index is 12.7. The molecule has 1 fully saturated rings. The average Bonchev–Trinajstić information content (AvgIpc) is 3.18. The molecule has 2 aromatic heterocycles. The SMILES string of the molecule is COc1cccc(Cc2cc(C)nc([C@H]3CN(C(=O)Cc4nnc(N)s4)CCO3)c2)c1. The number of methoxy groups -OCH3 is 1. The number of morpholine rings is 1. The Hall–Kier alpha value is -3.04. The predicted molar refractivity (Wildman–Crippen MR) is 118 cm³/mol. The Bertz CT molecular complexity index is 1070. The van der Waals surface area contributed by atoms with Crippen molar-refractivity contribution < 1.29 is 14.3 Å². The predicted octanol–water partition coefficient (Wildman–Crippen LogP) is 2.57. The molecule has 1 aliphatic rings. The van der Waals surface area contributed by atoms with Gasteiger partial charge in [-0.1, -0.05) is 23.5 Å². The normalized spacial score (nSPS) is 16.3. The van der Waals surface area contributed by atoms with Crippen LogP contribution < -0.4 is 10.5 Å². The number of aryl methyl sites for hydroxylation is 1. The molecule has 3 heterocycles. The van der Waals surface area contributed by atoms with Gasteiger partial charge in [0.05, 0.1) is 32.4 Å². The van der Waals surface area contributed by atoms with Gasteiger partial charge in [-0.15, -0.1) is 10.2 Å². The largest absolute Gasteiger partial charge is 0.497 e. The van der Waals surface area contributed by atoms with Crippen LogP contribution in [-0.2, 0) is 22.4 Å². The molecule has 1 amide bonds. The summed E-state index contributed by atoms with van der Waals surface area (Å²) in [6.07, 6.45) is 0.701. The summed E-state index contributed by atoms with van der Waals surface area (Å²) in [4.78, 5) is 19.2. The minimum absolute atomic E-state index is 0.00583. The first-order chi connectivity index (χ1) is 15.0. The van der Waals surface area contributed by atoms with Crippen LogP contribution in [0.1, 0.15) is 33.6 Å². The number of carbonyl (C=O) groups excluding carboxylic acids is 1. The molecule has 1 atom stereocenters. The van der Waals surface area contributed by atoms with Gasteiger partial charge in [-0.2, -0.15) is 0 Å². The van der Waals surface area contributed by atoms with Crippen molar-refractivity contribution in [3.05, 3.63) is 63.9 Å². The van der Waals surface area contributed by atoms with Gasteiger partial charge in [0, 0.05) is 12.2 Å². The lowest BCUT2D eigenvalue weighted by molar-refractivity contribution is -0.138. The maximum atomic E-state index is 12.7. The quantitative estimate of drug-likeness (QED) is 0.629. The van der Waals surface area contributed by atoms with E-state index >= 15 is 0 Å². The van der Waals surface area contributed by atoms with Crippen LogP contribution in [0.3, 0.4) is 0 Å². The van der Waals surface area contributed by atoms with E-state index in [1.807, 2.05) is 25.1 Å². The van der Waals surface area contributed by atoms with Gasteiger partial charge in [0.1, 0.15) is 16.9 Å². The summed E-state index contributed by atoms with van der Waals surface area (Å²) >= 11 is 1.24. The molecule has 0 aliphatic carbocycles. The topological polar surface area (TPSA) is 103 Å². The van der Waals surface area contributed by atoms with Crippen LogP contribution in [0, 0.1) is 6.92 Å². The average molecular weight is 440 g/mol. The van der Waals surface area contributed by atoms with Crippen molar-refractivity contribution in [2.75, 3.05) is 32.5 Å². The van der Waals surface area contributed by atoms with Gasteiger partial charge in [0.25, 0.3) is 0 Å². The highest BCUT2D eigenvalue weighted by Crippen LogP contribution is 2.25. The third kappa shape index (κ3) is 5.36. The van der Waals surface area contributed by atoms with Crippen LogP contribution in [0.25, 0.3) is 0 Å². The summed E-state index contributed by atoms with van der Waals surface area (Å²) in [5, 5.41) is 8.72. The summed E-state index contributed by atoms with van der Waals surface area (Å²) in [7, 11) is 1.67. The molecule has 162 valence electrons. The van der Waals surface area contributed by atoms with E-state index in [1.165, 1.54) is 11.3 Å². The minimum Gasteiger partial charge on any atom is -0.497 e. The van der Waals surface area contributed by atoms with Crippen LogP contribution in [0.15, 0.2) is 36.4 Å². The lowest BCUT2D eigenvalue weighted by atomic mass is 10.0. The highest BCUT2D eigenvalue weighted by Gasteiger charge is 2.27. The number of amides is 1. The number of pyridine rings is 1. The lowest BCUT2D eigenvalue weighted by Gasteiger charge is -2.33. The zero-order valence-electron chi connectivity index (χ0n) is 17.6. The van der Waals surface area contributed by atoms with E-state index in [4.69, 9.17) is 15.2 Å². The highest BCUT2D eigenvalue weighted by atomic mass is 32.1. The molecular formula is C22H25N5O3S. The van der Waals surface area contributed by atoms with E-state index in [0.717, 1.165) is 34.7 Å². The first kappa shape index (κ1) is 21.2. The summed E-state index contributed by atoms with van der Waals surface area (Å²) in [5.41, 5.74) is 9.69. The summed E-state index contributed by atoms with van der Waals surface area (Å²) < 4.78 is 11.3. The molecule has 4 rings (SSSR count). The summed E-state index contributed by atoms with van der Waals surface area (Å²) in [5.74, 6) is 0.833. The molecule has 0 radical (unpaired) electrons. The molecule has 8 nitrogen and oxygen atoms in total. The van der Waals surface area contributed by atoms with E-state index in [2.05, 4.69) is 33.4 Å². The fourth-order valence-corrected chi connectivity index (χ4v) is 4.29. The van der Waals surface area contributed by atoms with Gasteiger partial charge in [-0.3, -0.25) is 9.78 Å². The third-order valence-corrected chi connectivity index (χ3v) is 5.86. The second-order valence-electron chi connectivity index (χ2n) is 7.48. The molecule has 1 aliphatic heterocycles. The highest BCUT2D eigenvalue weighted by molar-refractivity contribution is 7.15. The number of ether oxygens (including phenoxy) is 2. The second-order valence-corrected chi connectivity index (χ2v) is 8.57. The van der Waals surface area contributed by atoms with Crippen molar-refractivity contribution in [3.8, 4) is 5.75 Å².